The highest BCUT2D eigenvalue weighted by Crippen LogP contribution is 2.14. The van der Waals surface area contributed by atoms with Crippen molar-refractivity contribution in [1.29, 1.82) is 0 Å². The summed E-state index contributed by atoms with van der Waals surface area (Å²) in [4.78, 5) is 20.9. The van der Waals surface area contributed by atoms with E-state index in [1.165, 1.54) is 6.92 Å². The van der Waals surface area contributed by atoms with Crippen LogP contribution >= 0.6 is 0 Å². The number of carboxylic acid groups (broad SMARTS) is 1. The molecule has 4 heteroatoms. The molecule has 1 unspecified atom stereocenters. The third kappa shape index (κ3) is 7.58. The number of amides is 1. The second kappa shape index (κ2) is 7.35. The standard InChI is InChI=1S/C10H19NO3/c1-3-9(4-5-10(13)14)6-7-11-8(2)12/h9H,3-7H2,1-2H3,(H,11,12)(H,13,14). The highest BCUT2D eigenvalue weighted by atomic mass is 16.4. The fourth-order valence-corrected chi connectivity index (χ4v) is 1.33. The molecule has 1 atom stereocenters. The molecule has 14 heavy (non-hydrogen) atoms. The average molecular weight is 201 g/mol. The summed E-state index contributed by atoms with van der Waals surface area (Å²) >= 11 is 0. The van der Waals surface area contributed by atoms with Gasteiger partial charge in [-0.3, -0.25) is 9.59 Å². The Morgan fingerprint density at radius 1 is 1.36 bits per heavy atom. The Morgan fingerprint density at radius 2 is 2.00 bits per heavy atom. The van der Waals surface area contributed by atoms with E-state index in [1.54, 1.807) is 0 Å². The monoisotopic (exact) mass is 201 g/mol. The number of carbonyl (C=O) groups is 2. The molecule has 0 aromatic heterocycles. The van der Waals surface area contributed by atoms with Gasteiger partial charge in [0, 0.05) is 19.9 Å². The summed E-state index contributed by atoms with van der Waals surface area (Å²) in [5.41, 5.74) is 0. The summed E-state index contributed by atoms with van der Waals surface area (Å²) in [7, 11) is 0. The van der Waals surface area contributed by atoms with Crippen LogP contribution in [0.25, 0.3) is 0 Å². The lowest BCUT2D eigenvalue weighted by atomic mass is 9.97. The number of rotatable bonds is 7. The normalized spacial score (nSPS) is 12.1. The lowest BCUT2D eigenvalue weighted by Gasteiger charge is -2.13. The minimum Gasteiger partial charge on any atom is -0.481 e. The molecule has 0 aromatic carbocycles. The third-order valence-electron chi connectivity index (χ3n) is 2.27. The number of hydrogen-bond donors (Lipinski definition) is 2. The molecule has 2 N–H and O–H groups in total. The molecule has 0 saturated carbocycles. The van der Waals surface area contributed by atoms with Crippen LogP contribution in [0, 0.1) is 5.92 Å². The summed E-state index contributed by atoms with van der Waals surface area (Å²) < 4.78 is 0. The van der Waals surface area contributed by atoms with Crippen LogP contribution in [0.1, 0.15) is 39.5 Å². The van der Waals surface area contributed by atoms with Crippen molar-refractivity contribution in [3.8, 4) is 0 Å². The third-order valence-corrected chi connectivity index (χ3v) is 2.27. The maximum absolute atomic E-state index is 10.6. The number of aliphatic carboxylic acids is 1. The van der Waals surface area contributed by atoms with Crippen molar-refractivity contribution in [2.75, 3.05) is 6.54 Å². The molecule has 0 aromatic rings. The highest BCUT2D eigenvalue weighted by molar-refractivity contribution is 5.72. The summed E-state index contributed by atoms with van der Waals surface area (Å²) in [5.74, 6) is -0.376. The van der Waals surface area contributed by atoms with Gasteiger partial charge in [0.05, 0.1) is 0 Å². The predicted molar refractivity (Wildman–Crippen MR) is 54.0 cm³/mol. The van der Waals surface area contributed by atoms with Crippen LogP contribution in [-0.2, 0) is 9.59 Å². The van der Waals surface area contributed by atoms with Crippen LogP contribution in [0.5, 0.6) is 0 Å². The SMILES string of the molecule is CCC(CCNC(C)=O)CCC(=O)O. The Hall–Kier alpha value is -1.06. The number of carbonyl (C=O) groups excluding carboxylic acids is 1. The van der Waals surface area contributed by atoms with Gasteiger partial charge < -0.3 is 10.4 Å². The van der Waals surface area contributed by atoms with Gasteiger partial charge in [0.25, 0.3) is 0 Å². The zero-order valence-electron chi connectivity index (χ0n) is 8.88. The molecule has 0 fully saturated rings. The Morgan fingerprint density at radius 3 is 2.43 bits per heavy atom. The lowest BCUT2D eigenvalue weighted by molar-refractivity contribution is -0.137. The topological polar surface area (TPSA) is 66.4 Å². The fraction of sp³-hybridized carbons (Fsp3) is 0.800. The van der Waals surface area contributed by atoms with E-state index in [1.807, 2.05) is 6.92 Å². The predicted octanol–water partition coefficient (Wildman–Crippen LogP) is 1.40. The van der Waals surface area contributed by atoms with Crippen molar-refractivity contribution in [2.45, 2.75) is 39.5 Å². The van der Waals surface area contributed by atoms with E-state index in [0.717, 1.165) is 12.8 Å². The highest BCUT2D eigenvalue weighted by Gasteiger charge is 2.08. The van der Waals surface area contributed by atoms with Crippen molar-refractivity contribution in [3.63, 3.8) is 0 Å². The van der Waals surface area contributed by atoms with Gasteiger partial charge in [-0.25, -0.2) is 0 Å². The molecule has 4 nitrogen and oxygen atoms in total. The first-order chi connectivity index (χ1) is 6.56. The van der Waals surface area contributed by atoms with Gasteiger partial charge in [-0.1, -0.05) is 13.3 Å². The van der Waals surface area contributed by atoms with E-state index in [4.69, 9.17) is 5.11 Å². The molecule has 0 rings (SSSR count). The Balaban J connectivity index is 3.57. The second-order valence-electron chi connectivity index (χ2n) is 3.48. The number of carboxylic acids is 1. The molecule has 0 aliphatic rings. The van der Waals surface area contributed by atoms with Crippen molar-refractivity contribution >= 4 is 11.9 Å². The van der Waals surface area contributed by atoms with Crippen molar-refractivity contribution in [2.24, 2.45) is 5.92 Å². The second-order valence-corrected chi connectivity index (χ2v) is 3.48. The van der Waals surface area contributed by atoms with Crippen molar-refractivity contribution in [3.05, 3.63) is 0 Å². The molecular weight excluding hydrogens is 182 g/mol. The zero-order valence-corrected chi connectivity index (χ0v) is 8.88. The van der Waals surface area contributed by atoms with Crippen LogP contribution in [0.2, 0.25) is 0 Å². The molecule has 0 radical (unpaired) electrons. The van der Waals surface area contributed by atoms with E-state index in [0.29, 0.717) is 18.9 Å². The summed E-state index contributed by atoms with van der Waals surface area (Å²) in [6.07, 6.45) is 2.75. The van der Waals surface area contributed by atoms with Crippen LogP contribution in [0.4, 0.5) is 0 Å². The van der Waals surface area contributed by atoms with E-state index < -0.39 is 5.97 Å². The average Bonchev–Trinajstić information content (AvgIpc) is 2.10. The zero-order chi connectivity index (χ0) is 11.0. The van der Waals surface area contributed by atoms with Gasteiger partial charge >= 0.3 is 5.97 Å². The molecular formula is C10H19NO3. The lowest BCUT2D eigenvalue weighted by Crippen LogP contribution is -2.23. The molecule has 1 amide bonds. The molecule has 0 spiro atoms. The number of hydrogen-bond acceptors (Lipinski definition) is 2. The van der Waals surface area contributed by atoms with Crippen molar-refractivity contribution in [1.82, 2.24) is 5.32 Å². The minimum atomic E-state index is -0.747. The first-order valence-electron chi connectivity index (χ1n) is 5.02. The quantitative estimate of drug-likeness (QED) is 0.654. The maximum atomic E-state index is 10.6. The van der Waals surface area contributed by atoms with E-state index >= 15 is 0 Å². The van der Waals surface area contributed by atoms with E-state index in [-0.39, 0.29) is 12.3 Å². The smallest absolute Gasteiger partial charge is 0.303 e. The minimum absolute atomic E-state index is 0.0295. The molecule has 0 saturated heterocycles. The van der Waals surface area contributed by atoms with Gasteiger partial charge in [0.2, 0.25) is 5.91 Å². The van der Waals surface area contributed by atoms with Gasteiger partial charge in [-0.05, 0) is 18.8 Å². The van der Waals surface area contributed by atoms with Crippen LogP contribution in [0.15, 0.2) is 0 Å². The van der Waals surface area contributed by atoms with Crippen molar-refractivity contribution < 1.29 is 14.7 Å². The van der Waals surface area contributed by atoms with Crippen LogP contribution in [0.3, 0.4) is 0 Å². The molecule has 82 valence electrons. The Labute approximate surface area is 84.7 Å². The van der Waals surface area contributed by atoms with Gasteiger partial charge in [-0.2, -0.15) is 0 Å². The molecule has 0 heterocycles. The molecule has 0 aliphatic heterocycles. The Bertz CT molecular complexity index is 192. The van der Waals surface area contributed by atoms with Gasteiger partial charge in [0.15, 0.2) is 0 Å². The molecule has 0 aliphatic carbocycles. The van der Waals surface area contributed by atoms with E-state index in [2.05, 4.69) is 5.32 Å². The first-order valence-corrected chi connectivity index (χ1v) is 5.02. The van der Waals surface area contributed by atoms with Crippen LogP contribution in [-0.4, -0.2) is 23.5 Å². The largest absolute Gasteiger partial charge is 0.481 e. The Kier molecular flexibility index (Phi) is 6.80. The summed E-state index contributed by atoms with van der Waals surface area (Å²) in [6, 6.07) is 0. The maximum Gasteiger partial charge on any atom is 0.303 e. The fourth-order valence-electron chi connectivity index (χ4n) is 1.33. The van der Waals surface area contributed by atoms with Gasteiger partial charge in [0.1, 0.15) is 0 Å². The molecule has 0 bridgehead atoms. The summed E-state index contributed by atoms with van der Waals surface area (Å²) in [6.45, 7) is 4.17. The number of nitrogens with one attached hydrogen (secondary N) is 1. The first kappa shape index (κ1) is 12.9. The van der Waals surface area contributed by atoms with Crippen LogP contribution < -0.4 is 5.32 Å². The van der Waals surface area contributed by atoms with E-state index in [9.17, 15) is 9.59 Å². The summed E-state index contributed by atoms with van der Waals surface area (Å²) in [5, 5.41) is 11.2. The van der Waals surface area contributed by atoms with Gasteiger partial charge in [-0.15, -0.1) is 0 Å².